The number of carbonyl (C=O) groups is 2. The van der Waals surface area contributed by atoms with Crippen molar-refractivity contribution in [1.82, 2.24) is 20.3 Å². The molecule has 2 N–H and O–H groups in total. The number of carboxylic acids is 1. The van der Waals surface area contributed by atoms with E-state index in [9.17, 15) is 22.8 Å². The molecule has 0 aliphatic heterocycles. The molecule has 7 nitrogen and oxygen atoms in total. The number of halogens is 3. The van der Waals surface area contributed by atoms with Crippen LogP contribution in [0.3, 0.4) is 0 Å². The fraction of sp³-hybridized carbons (Fsp3) is 0.143. The van der Waals surface area contributed by atoms with E-state index in [1.807, 2.05) is 22.9 Å². The first-order valence-electron chi connectivity index (χ1n) is 11.8. The van der Waals surface area contributed by atoms with E-state index < -0.39 is 29.7 Å². The van der Waals surface area contributed by atoms with Gasteiger partial charge < -0.3 is 10.4 Å². The van der Waals surface area contributed by atoms with Crippen LogP contribution in [0.15, 0.2) is 77.5 Å². The minimum absolute atomic E-state index is 0.110. The van der Waals surface area contributed by atoms with E-state index in [0.29, 0.717) is 22.2 Å². The molecule has 5 aromatic rings. The molecule has 2 aromatic heterocycles. The average molecular weight is 551 g/mol. The van der Waals surface area contributed by atoms with Gasteiger partial charge in [0.2, 0.25) is 0 Å². The SMILES string of the molecule is C[C@H](NC(=O)c1cc(-c2ccsc2)cc2nnn(Cc3ccc(C(F)(F)F)cc3)c12)c1ccc(C(=O)O)cc1. The Balaban J connectivity index is 1.50. The van der Waals surface area contributed by atoms with Crippen LogP contribution in [0.25, 0.3) is 22.2 Å². The molecule has 0 unspecified atom stereocenters. The largest absolute Gasteiger partial charge is 0.478 e. The number of aromatic carboxylic acids is 1. The number of benzene rings is 3. The van der Waals surface area contributed by atoms with E-state index in [0.717, 1.165) is 28.8 Å². The summed E-state index contributed by atoms with van der Waals surface area (Å²) in [7, 11) is 0. The number of thiophene rings is 1. The lowest BCUT2D eigenvalue weighted by Gasteiger charge is -2.16. The number of carbonyl (C=O) groups excluding carboxylic acids is 1. The predicted molar refractivity (Wildman–Crippen MR) is 141 cm³/mol. The zero-order valence-electron chi connectivity index (χ0n) is 20.4. The fourth-order valence-electron chi connectivity index (χ4n) is 4.24. The standard InChI is InChI=1S/C28H21F3N4O3S/c1-16(18-4-6-19(7-5-18)27(37)38)32-26(36)23-12-21(20-10-11-39-15-20)13-24-25(23)35(34-33-24)14-17-2-8-22(9-3-17)28(29,30)31/h2-13,15-16H,14H2,1H3,(H,32,36)(H,37,38)/t16-/m0/s1. The van der Waals surface area contributed by atoms with Gasteiger partial charge in [0.1, 0.15) is 11.0 Å². The van der Waals surface area contributed by atoms with E-state index in [-0.39, 0.29) is 12.1 Å². The second kappa shape index (κ2) is 10.3. The summed E-state index contributed by atoms with van der Waals surface area (Å²) >= 11 is 1.51. The molecule has 0 radical (unpaired) electrons. The van der Waals surface area contributed by atoms with Crippen molar-refractivity contribution in [3.63, 3.8) is 0 Å². The van der Waals surface area contributed by atoms with Crippen LogP contribution in [0, 0.1) is 0 Å². The van der Waals surface area contributed by atoms with E-state index in [1.54, 1.807) is 25.1 Å². The van der Waals surface area contributed by atoms with Gasteiger partial charge in [-0.25, -0.2) is 9.48 Å². The molecule has 198 valence electrons. The first-order valence-corrected chi connectivity index (χ1v) is 12.7. The summed E-state index contributed by atoms with van der Waals surface area (Å²) in [6, 6.07) is 16.0. The summed E-state index contributed by atoms with van der Waals surface area (Å²) in [5.41, 5.74) is 3.57. The molecular formula is C28H21F3N4O3S. The summed E-state index contributed by atoms with van der Waals surface area (Å²) < 4.78 is 40.5. The van der Waals surface area contributed by atoms with Crippen LogP contribution < -0.4 is 5.32 Å². The third-order valence-electron chi connectivity index (χ3n) is 6.33. The maximum atomic E-state index is 13.6. The van der Waals surface area contributed by atoms with Gasteiger partial charge >= 0.3 is 12.1 Å². The molecule has 3 aromatic carbocycles. The van der Waals surface area contributed by atoms with Gasteiger partial charge in [0.15, 0.2) is 0 Å². The Kier molecular flexibility index (Phi) is 6.92. The van der Waals surface area contributed by atoms with Crippen LogP contribution in [-0.2, 0) is 12.7 Å². The van der Waals surface area contributed by atoms with Crippen molar-refractivity contribution in [3.05, 3.63) is 105 Å². The van der Waals surface area contributed by atoms with Gasteiger partial charge in [-0.2, -0.15) is 24.5 Å². The monoisotopic (exact) mass is 550 g/mol. The minimum Gasteiger partial charge on any atom is -0.478 e. The van der Waals surface area contributed by atoms with Crippen molar-refractivity contribution in [1.29, 1.82) is 0 Å². The minimum atomic E-state index is -4.44. The highest BCUT2D eigenvalue weighted by atomic mass is 32.1. The van der Waals surface area contributed by atoms with Crippen LogP contribution in [0.5, 0.6) is 0 Å². The number of nitrogens with zero attached hydrogens (tertiary/aromatic N) is 3. The third kappa shape index (κ3) is 5.53. The van der Waals surface area contributed by atoms with Crippen LogP contribution in [-0.4, -0.2) is 32.0 Å². The van der Waals surface area contributed by atoms with Crippen molar-refractivity contribution in [2.45, 2.75) is 25.7 Å². The topological polar surface area (TPSA) is 97.1 Å². The van der Waals surface area contributed by atoms with Crippen LogP contribution in [0.4, 0.5) is 13.2 Å². The van der Waals surface area contributed by atoms with Crippen molar-refractivity contribution >= 4 is 34.2 Å². The fourth-order valence-corrected chi connectivity index (χ4v) is 4.90. The molecule has 0 spiro atoms. The van der Waals surface area contributed by atoms with Gasteiger partial charge in [0, 0.05) is 0 Å². The highest BCUT2D eigenvalue weighted by Crippen LogP contribution is 2.31. The number of fused-ring (bicyclic) bond motifs is 1. The molecule has 0 bridgehead atoms. The molecule has 2 heterocycles. The van der Waals surface area contributed by atoms with Crippen molar-refractivity contribution in [2.24, 2.45) is 0 Å². The van der Waals surface area contributed by atoms with Gasteiger partial charge in [-0.1, -0.05) is 29.5 Å². The molecule has 5 rings (SSSR count). The molecule has 39 heavy (non-hydrogen) atoms. The number of alkyl halides is 3. The molecule has 0 fully saturated rings. The van der Waals surface area contributed by atoms with Crippen molar-refractivity contribution in [2.75, 3.05) is 0 Å². The average Bonchev–Trinajstić information content (AvgIpc) is 3.59. The summed E-state index contributed by atoms with van der Waals surface area (Å²) in [6.07, 6.45) is -4.44. The number of aromatic nitrogens is 3. The Bertz CT molecular complexity index is 1640. The number of carboxylic acid groups (broad SMARTS) is 1. The Morgan fingerprint density at radius 3 is 2.36 bits per heavy atom. The lowest BCUT2D eigenvalue weighted by Crippen LogP contribution is -2.27. The highest BCUT2D eigenvalue weighted by Gasteiger charge is 2.30. The summed E-state index contributed by atoms with van der Waals surface area (Å²) in [5, 5.41) is 24.4. The second-order valence-electron chi connectivity index (χ2n) is 8.97. The van der Waals surface area contributed by atoms with Crippen molar-refractivity contribution < 1.29 is 27.9 Å². The molecule has 1 amide bonds. The zero-order valence-corrected chi connectivity index (χ0v) is 21.3. The second-order valence-corrected chi connectivity index (χ2v) is 9.75. The lowest BCUT2D eigenvalue weighted by atomic mass is 10.0. The Labute approximate surface area is 224 Å². The van der Waals surface area contributed by atoms with Crippen LogP contribution in [0.1, 0.15) is 50.4 Å². The van der Waals surface area contributed by atoms with E-state index in [2.05, 4.69) is 15.6 Å². The van der Waals surface area contributed by atoms with E-state index in [1.165, 1.54) is 40.3 Å². The number of hydrogen-bond donors (Lipinski definition) is 2. The van der Waals surface area contributed by atoms with E-state index >= 15 is 0 Å². The maximum Gasteiger partial charge on any atom is 0.416 e. The molecule has 1 atom stereocenters. The Morgan fingerprint density at radius 2 is 1.74 bits per heavy atom. The van der Waals surface area contributed by atoms with Gasteiger partial charge in [0.05, 0.1) is 29.3 Å². The van der Waals surface area contributed by atoms with E-state index in [4.69, 9.17) is 5.11 Å². The maximum absolute atomic E-state index is 13.6. The summed E-state index contributed by atoms with van der Waals surface area (Å²) in [6.45, 7) is 1.89. The van der Waals surface area contributed by atoms with Gasteiger partial charge in [0.25, 0.3) is 5.91 Å². The van der Waals surface area contributed by atoms with Crippen LogP contribution >= 0.6 is 11.3 Å². The van der Waals surface area contributed by atoms with Gasteiger partial charge in [-0.15, -0.1) is 5.10 Å². The quantitative estimate of drug-likeness (QED) is 0.244. The number of amides is 1. The number of rotatable bonds is 7. The zero-order chi connectivity index (χ0) is 27.7. The number of nitrogens with one attached hydrogen (secondary N) is 1. The molecular weight excluding hydrogens is 529 g/mol. The normalized spacial score (nSPS) is 12.4. The molecule has 0 saturated heterocycles. The molecule has 0 saturated carbocycles. The predicted octanol–water partition coefficient (Wildman–Crippen LogP) is 6.42. The smallest absolute Gasteiger partial charge is 0.416 e. The van der Waals surface area contributed by atoms with Crippen LogP contribution in [0.2, 0.25) is 0 Å². The first kappa shape index (κ1) is 26.1. The van der Waals surface area contributed by atoms with Gasteiger partial charge in [-0.05, 0) is 82.4 Å². The highest BCUT2D eigenvalue weighted by molar-refractivity contribution is 7.08. The molecule has 0 aliphatic rings. The van der Waals surface area contributed by atoms with Crippen molar-refractivity contribution in [3.8, 4) is 11.1 Å². The van der Waals surface area contributed by atoms with Gasteiger partial charge in [-0.3, -0.25) is 4.79 Å². The Hall–Kier alpha value is -4.51. The summed E-state index contributed by atoms with van der Waals surface area (Å²) in [4.78, 5) is 24.8. The molecule has 11 heteroatoms. The Morgan fingerprint density at radius 1 is 1.03 bits per heavy atom. The number of hydrogen-bond acceptors (Lipinski definition) is 5. The third-order valence-corrected chi connectivity index (χ3v) is 7.01. The lowest BCUT2D eigenvalue weighted by molar-refractivity contribution is -0.137. The first-order chi connectivity index (χ1) is 18.6. The summed E-state index contributed by atoms with van der Waals surface area (Å²) in [5.74, 6) is -1.44. The molecule has 0 aliphatic carbocycles.